The third-order valence-electron chi connectivity index (χ3n) is 6.86. The molecule has 2 saturated carbocycles. The van der Waals surface area contributed by atoms with Crippen LogP contribution in [0.25, 0.3) is 0 Å². The van der Waals surface area contributed by atoms with Gasteiger partial charge in [-0.1, -0.05) is 13.0 Å². The predicted molar refractivity (Wildman–Crippen MR) is 88.8 cm³/mol. The van der Waals surface area contributed by atoms with Gasteiger partial charge >= 0.3 is 5.43 Å². The van der Waals surface area contributed by atoms with Gasteiger partial charge in [0.25, 0.3) is 0 Å². The Labute approximate surface area is 142 Å². The fourth-order valence-electron chi connectivity index (χ4n) is 5.83. The first-order valence-electron chi connectivity index (χ1n) is 8.67. The summed E-state index contributed by atoms with van der Waals surface area (Å²) in [5, 5.41) is 9.73. The van der Waals surface area contributed by atoms with Gasteiger partial charge in [-0.05, 0) is 79.5 Å². The summed E-state index contributed by atoms with van der Waals surface area (Å²) in [6.45, 7) is 2.29. The third-order valence-corrected chi connectivity index (χ3v) is 6.95. The molecule has 1 unspecified atom stereocenters. The molecule has 0 heterocycles. The summed E-state index contributed by atoms with van der Waals surface area (Å²) < 4.78 is 5.44. The number of hydrogen-bond acceptors (Lipinski definition) is 3. The van der Waals surface area contributed by atoms with E-state index in [0.717, 1.165) is 32.1 Å². The van der Waals surface area contributed by atoms with Crippen molar-refractivity contribution in [2.45, 2.75) is 57.5 Å². The number of rotatable bonds is 1. The van der Waals surface area contributed by atoms with E-state index >= 15 is 0 Å². The number of carbonyl (C=O) groups excluding carboxylic acids is 1. The summed E-state index contributed by atoms with van der Waals surface area (Å²) in [5.41, 5.74) is 2.15. The van der Waals surface area contributed by atoms with Crippen LogP contribution in [0.5, 0.6) is 5.75 Å². The van der Waals surface area contributed by atoms with Crippen LogP contribution in [0.4, 0.5) is 4.79 Å². The van der Waals surface area contributed by atoms with Crippen LogP contribution in [0.3, 0.4) is 0 Å². The molecule has 1 aromatic rings. The van der Waals surface area contributed by atoms with Crippen LogP contribution in [0.1, 0.15) is 56.1 Å². The Hall–Kier alpha value is -1.22. The van der Waals surface area contributed by atoms with Gasteiger partial charge in [0.15, 0.2) is 0 Å². The van der Waals surface area contributed by atoms with Crippen molar-refractivity contribution in [3.05, 3.63) is 29.3 Å². The van der Waals surface area contributed by atoms with E-state index in [1.807, 2.05) is 12.1 Å². The molecule has 0 radical (unpaired) electrons. The van der Waals surface area contributed by atoms with Crippen LogP contribution in [-0.4, -0.2) is 16.6 Å². The summed E-state index contributed by atoms with van der Waals surface area (Å²) in [6.07, 6.45) is 6.45. The monoisotopic (exact) mass is 334 g/mol. The number of benzene rings is 1. The molecule has 0 saturated heterocycles. The molecule has 3 aliphatic carbocycles. The highest BCUT2D eigenvalue weighted by Gasteiger charge is 2.56. The van der Waals surface area contributed by atoms with E-state index in [1.54, 1.807) is 0 Å². The van der Waals surface area contributed by atoms with Crippen LogP contribution in [-0.2, 0) is 11.2 Å². The minimum absolute atomic E-state index is 0.0281. The van der Waals surface area contributed by atoms with Gasteiger partial charge in [-0.2, -0.15) is 0 Å². The maximum atomic E-state index is 11.2. The Balaban J connectivity index is 1.63. The molecule has 0 spiro atoms. The fraction of sp³-hybridized carbons (Fsp3) is 0.632. The van der Waals surface area contributed by atoms with Crippen molar-refractivity contribution in [2.75, 3.05) is 0 Å². The zero-order valence-corrected chi connectivity index (χ0v) is 14.2. The molecule has 2 fully saturated rings. The standard InChI is InChI=1S/C19H23ClO3/c1-19-9-8-14-13-5-3-12(21)10-11(13)2-4-15(14)16(19)6-7-17(19)23-18(20)22/h3,5,10,14-17,21H,2,4,6-9H2,1H3/t14-,15-,16+,17?,19+/m1/s1. The van der Waals surface area contributed by atoms with Crippen molar-refractivity contribution >= 4 is 17.0 Å². The lowest BCUT2D eigenvalue weighted by Crippen LogP contribution is -2.44. The van der Waals surface area contributed by atoms with E-state index in [0.29, 0.717) is 23.5 Å². The Kier molecular flexibility index (Phi) is 3.60. The minimum Gasteiger partial charge on any atom is -0.508 e. The smallest absolute Gasteiger partial charge is 0.404 e. The van der Waals surface area contributed by atoms with E-state index in [1.165, 1.54) is 17.5 Å². The largest absolute Gasteiger partial charge is 0.508 e. The van der Waals surface area contributed by atoms with Crippen LogP contribution >= 0.6 is 11.6 Å². The molecule has 4 rings (SSSR count). The van der Waals surface area contributed by atoms with E-state index in [4.69, 9.17) is 16.3 Å². The van der Waals surface area contributed by atoms with Crippen molar-refractivity contribution in [3.63, 3.8) is 0 Å². The second-order valence-corrected chi connectivity index (χ2v) is 8.07. The average molecular weight is 335 g/mol. The molecule has 0 amide bonds. The lowest BCUT2D eigenvalue weighted by molar-refractivity contribution is -0.0249. The molecule has 0 aliphatic heterocycles. The molecule has 1 aromatic carbocycles. The number of ether oxygens (including phenoxy) is 1. The van der Waals surface area contributed by atoms with Gasteiger partial charge in [0.05, 0.1) is 0 Å². The van der Waals surface area contributed by atoms with Gasteiger partial charge in [-0.25, -0.2) is 4.79 Å². The SMILES string of the molecule is C[C@]12CC[C@@H]3c4ccc(O)cc4CC[C@H]3[C@@H]1CCC2OC(=O)Cl. The minimum atomic E-state index is -0.663. The molecule has 0 aromatic heterocycles. The molecule has 3 nitrogen and oxygen atoms in total. The van der Waals surface area contributed by atoms with Crippen LogP contribution in [0.2, 0.25) is 0 Å². The van der Waals surface area contributed by atoms with Crippen molar-refractivity contribution in [2.24, 2.45) is 17.3 Å². The molecule has 0 bridgehead atoms. The van der Waals surface area contributed by atoms with Gasteiger partial charge in [0.2, 0.25) is 0 Å². The molecule has 4 heteroatoms. The summed E-state index contributed by atoms with van der Waals surface area (Å²) in [7, 11) is 0. The fourth-order valence-corrected chi connectivity index (χ4v) is 5.93. The Bertz CT molecular complexity index is 644. The number of halogens is 1. The number of phenols is 1. The molecule has 1 N–H and O–H groups in total. The van der Waals surface area contributed by atoms with Crippen molar-refractivity contribution in [1.82, 2.24) is 0 Å². The summed E-state index contributed by atoms with van der Waals surface area (Å²) in [5.74, 6) is 2.22. The first-order chi connectivity index (χ1) is 11.0. The molecule has 3 aliphatic rings. The zero-order chi connectivity index (χ0) is 16.2. The molecular formula is C19H23ClO3. The number of phenolic OH excluding ortho intramolecular Hbond substituents is 1. The maximum Gasteiger partial charge on any atom is 0.404 e. The highest BCUT2D eigenvalue weighted by molar-refractivity contribution is 6.61. The van der Waals surface area contributed by atoms with E-state index < -0.39 is 5.43 Å². The number of aromatic hydroxyl groups is 1. The van der Waals surface area contributed by atoms with Gasteiger partial charge in [-0.15, -0.1) is 0 Å². The maximum absolute atomic E-state index is 11.2. The number of hydrogen-bond donors (Lipinski definition) is 1. The second kappa shape index (κ2) is 5.41. The lowest BCUT2D eigenvalue weighted by atomic mass is 9.55. The quantitative estimate of drug-likeness (QED) is 0.736. The first kappa shape index (κ1) is 15.3. The third kappa shape index (κ3) is 2.36. The lowest BCUT2D eigenvalue weighted by Gasteiger charge is -2.50. The Morgan fingerprint density at radius 1 is 1.30 bits per heavy atom. The Morgan fingerprint density at radius 3 is 2.91 bits per heavy atom. The number of fused-ring (bicyclic) bond motifs is 5. The summed E-state index contributed by atoms with van der Waals surface area (Å²) in [6, 6.07) is 5.88. The highest BCUT2D eigenvalue weighted by Crippen LogP contribution is 2.61. The van der Waals surface area contributed by atoms with E-state index in [9.17, 15) is 9.90 Å². The Morgan fingerprint density at radius 2 is 2.13 bits per heavy atom. The topological polar surface area (TPSA) is 46.5 Å². The van der Waals surface area contributed by atoms with Gasteiger partial charge in [0, 0.05) is 17.0 Å². The van der Waals surface area contributed by atoms with Crippen LogP contribution in [0, 0.1) is 17.3 Å². The predicted octanol–water partition coefficient (Wildman–Crippen LogP) is 4.99. The summed E-state index contributed by atoms with van der Waals surface area (Å²) in [4.78, 5) is 11.2. The van der Waals surface area contributed by atoms with Crippen molar-refractivity contribution in [1.29, 1.82) is 0 Å². The van der Waals surface area contributed by atoms with E-state index in [2.05, 4.69) is 13.0 Å². The second-order valence-electron chi connectivity index (χ2n) is 7.76. The van der Waals surface area contributed by atoms with Gasteiger partial charge in [0.1, 0.15) is 11.9 Å². The normalized spacial score (nSPS) is 38.3. The van der Waals surface area contributed by atoms with E-state index in [-0.39, 0.29) is 11.5 Å². The molecule has 5 atom stereocenters. The molecule has 124 valence electrons. The van der Waals surface area contributed by atoms with Gasteiger partial charge < -0.3 is 9.84 Å². The van der Waals surface area contributed by atoms with Crippen molar-refractivity contribution < 1.29 is 14.6 Å². The van der Waals surface area contributed by atoms with Crippen molar-refractivity contribution in [3.8, 4) is 5.75 Å². The first-order valence-corrected chi connectivity index (χ1v) is 9.05. The molecular weight excluding hydrogens is 312 g/mol. The van der Waals surface area contributed by atoms with Crippen LogP contribution < -0.4 is 0 Å². The average Bonchev–Trinajstić information content (AvgIpc) is 2.83. The van der Waals surface area contributed by atoms with Gasteiger partial charge in [-0.3, -0.25) is 0 Å². The number of carbonyl (C=O) groups is 1. The highest BCUT2D eigenvalue weighted by atomic mass is 35.5. The summed E-state index contributed by atoms with van der Waals surface area (Å²) >= 11 is 5.49. The van der Waals surface area contributed by atoms with Crippen LogP contribution in [0.15, 0.2) is 18.2 Å². The molecule has 23 heavy (non-hydrogen) atoms. The zero-order valence-electron chi connectivity index (χ0n) is 13.4. The number of aryl methyl sites for hydroxylation is 1.